The Hall–Kier alpha value is -1.39. The molecule has 0 aliphatic heterocycles. The molecule has 0 fully saturated rings. The number of carboxylic acids is 1. The zero-order chi connectivity index (χ0) is 15.0. The van der Waals surface area contributed by atoms with Crippen LogP contribution in [0.5, 0.6) is 0 Å². The van der Waals surface area contributed by atoms with Gasteiger partial charge in [-0.2, -0.15) is 0 Å². The number of rotatable bonds is 10. The van der Waals surface area contributed by atoms with Crippen LogP contribution in [-0.4, -0.2) is 26.1 Å². The van der Waals surface area contributed by atoms with E-state index in [0.717, 1.165) is 18.7 Å². The molecule has 1 aromatic rings. The van der Waals surface area contributed by atoms with Gasteiger partial charge in [0.05, 0.1) is 5.69 Å². The summed E-state index contributed by atoms with van der Waals surface area (Å²) in [6, 6.07) is 0. The van der Waals surface area contributed by atoms with E-state index in [1.54, 1.807) is 4.68 Å². The highest BCUT2D eigenvalue weighted by molar-refractivity contribution is 5.86. The van der Waals surface area contributed by atoms with E-state index in [1.165, 1.54) is 38.5 Å². The van der Waals surface area contributed by atoms with E-state index >= 15 is 0 Å². The van der Waals surface area contributed by atoms with Crippen LogP contribution in [0.3, 0.4) is 0 Å². The molecule has 0 amide bonds. The van der Waals surface area contributed by atoms with Crippen molar-refractivity contribution >= 4 is 5.97 Å². The SMILES string of the molecule is CCCCCCCCCn1nnc(C(=O)O)c1C(C)C. The summed E-state index contributed by atoms with van der Waals surface area (Å²) in [5.41, 5.74) is 0.839. The lowest BCUT2D eigenvalue weighted by Gasteiger charge is -2.09. The van der Waals surface area contributed by atoms with Gasteiger partial charge < -0.3 is 5.11 Å². The number of aromatic carboxylic acids is 1. The Morgan fingerprint density at radius 3 is 2.30 bits per heavy atom. The van der Waals surface area contributed by atoms with Crippen LogP contribution < -0.4 is 0 Å². The Kier molecular flexibility index (Phi) is 7.26. The van der Waals surface area contributed by atoms with Gasteiger partial charge in [-0.3, -0.25) is 0 Å². The van der Waals surface area contributed by atoms with Crippen molar-refractivity contribution in [2.24, 2.45) is 0 Å². The van der Waals surface area contributed by atoms with Gasteiger partial charge in [0.2, 0.25) is 0 Å². The van der Waals surface area contributed by atoms with Gasteiger partial charge in [-0.25, -0.2) is 9.48 Å². The van der Waals surface area contributed by atoms with Crippen LogP contribution in [0.15, 0.2) is 0 Å². The van der Waals surface area contributed by atoms with Gasteiger partial charge in [-0.1, -0.05) is 64.5 Å². The van der Waals surface area contributed by atoms with Crippen molar-refractivity contribution in [3.05, 3.63) is 11.4 Å². The minimum atomic E-state index is -0.987. The Bertz CT molecular complexity index is 413. The smallest absolute Gasteiger partial charge is 0.358 e. The zero-order valence-corrected chi connectivity index (χ0v) is 12.9. The second-order valence-corrected chi connectivity index (χ2v) is 5.63. The van der Waals surface area contributed by atoms with E-state index < -0.39 is 5.97 Å². The minimum absolute atomic E-state index is 0.0999. The van der Waals surface area contributed by atoms with Gasteiger partial charge in [0.15, 0.2) is 5.69 Å². The number of nitrogens with zero attached hydrogens (tertiary/aromatic N) is 3. The molecule has 1 aromatic heterocycles. The molecule has 1 rings (SSSR count). The van der Waals surface area contributed by atoms with Crippen molar-refractivity contribution in [1.29, 1.82) is 0 Å². The normalized spacial score (nSPS) is 11.2. The fraction of sp³-hybridized carbons (Fsp3) is 0.800. The first kappa shape index (κ1) is 16.7. The van der Waals surface area contributed by atoms with E-state index in [1.807, 2.05) is 13.8 Å². The highest BCUT2D eigenvalue weighted by atomic mass is 16.4. The van der Waals surface area contributed by atoms with E-state index in [0.29, 0.717) is 0 Å². The van der Waals surface area contributed by atoms with Gasteiger partial charge in [0.1, 0.15) is 0 Å². The summed E-state index contributed by atoms with van der Waals surface area (Å²) in [7, 11) is 0. The van der Waals surface area contributed by atoms with Crippen LogP contribution in [0, 0.1) is 0 Å². The molecule has 0 atom stereocenters. The third-order valence-corrected chi connectivity index (χ3v) is 3.50. The highest BCUT2D eigenvalue weighted by Crippen LogP contribution is 2.18. The van der Waals surface area contributed by atoms with Crippen molar-refractivity contribution in [3.8, 4) is 0 Å². The van der Waals surface area contributed by atoms with Crippen LogP contribution in [0.25, 0.3) is 0 Å². The Balaban J connectivity index is 2.42. The number of aryl methyl sites for hydroxylation is 1. The number of hydrogen-bond donors (Lipinski definition) is 1. The van der Waals surface area contributed by atoms with E-state index in [4.69, 9.17) is 5.11 Å². The van der Waals surface area contributed by atoms with Crippen LogP contribution in [0.4, 0.5) is 0 Å². The monoisotopic (exact) mass is 281 g/mol. The zero-order valence-electron chi connectivity index (χ0n) is 12.9. The van der Waals surface area contributed by atoms with Crippen LogP contribution in [-0.2, 0) is 6.54 Å². The molecule has 0 radical (unpaired) electrons. The van der Waals surface area contributed by atoms with E-state index in [2.05, 4.69) is 17.2 Å². The summed E-state index contributed by atoms with van der Waals surface area (Å²) in [4.78, 5) is 11.1. The topological polar surface area (TPSA) is 68.0 Å². The van der Waals surface area contributed by atoms with Crippen molar-refractivity contribution in [2.45, 2.75) is 78.2 Å². The summed E-state index contributed by atoms with van der Waals surface area (Å²) in [5, 5.41) is 16.9. The van der Waals surface area contributed by atoms with Crippen LogP contribution >= 0.6 is 0 Å². The molecule has 0 bridgehead atoms. The standard InChI is InChI=1S/C15H27N3O2/c1-4-5-6-7-8-9-10-11-18-14(12(2)3)13(15(19)20)16-17-18/h12H,4-11H2,1-3H3,(H,19,20). The second kappa shape index (κ2) is 8.72. The number of aromatic nitrogens is 3. The first-order valence-corrected chi connectivity index (χ1v) is 7.74. The minimum Gasteiger partial charge on any atom is -0.476 e. The second-order valence-electron chi connectivity index (χ2n) is 5.63. The summed E-state index contributed by atoms with van der Waals surface area (Å²) < 4.78 is 1.76. The molecule has 1 heterocycles. The van der Waals surface area contributed by atoms with Crippen molar-refractivity contribution in [1.82, 2.24) is 15.0 Å². The molecule has 114 valence electrons. The lowest BCUT2D eigenvalue weighted by atomic mass is 10.1. The quantitative estimate of drug-likeness (QED) is 0.661. The Morgan fingerprint density at radius 2 is 1.75 bits per heavy atom. The van der Waals surface area contributed by atoms with Gasteiger partial charge in [0, 0.05) is 6.54 Å². The number of carboxylic acid groups (broad SMARTS) is 1. The van der Waals surface area contributed by atoms with Gasteiger partial charge in [-0.15, -0.1) is 5.10 Å². The van der Waals surface area contributed by atoms with Crippen molar-refractivity contribution in [3.63, 3.8) is 0 Å². The summed E-state index contributed by atoms with van der Waals surface area (Å²) in [5.74, 6) is -0.861. The molecule has 0 unspecified atom stereocenters. The third kappa shape index (κ3) is 4.94. The van der Waals surface area contributed by atoms with Crippen LogP contribution in [0.1, 0.15) is 87.8 Å². The highest BCUT2D eigenvalue weighted by Gasteiger charge is 2.20. The number of carbonyl (C=O) groups is 1. The summed E-state index contributed by atoms with van der Waals surface area (Å²) >= 11 is 0. The maximum absolute atomic E-state index is 11.1. The Morgan fingerprint density at radius 1 is 1.15 bits per heavy atom. The number of hydrogen-bond acceptors (Lipinski definition) is 3. The fourth-order valence-corrected chi connectivity index (χ4v) is 2.43. The molecule has 1 N–H and O–H groups in total. The van der Waals surface area contributed by atoms with Gasteiger partial charge in [-0.05, 0) is 12.3 Å². The molecular formula is C15H27N3O2. The average Bonchev–Trinajstić information content (AvgIpc) is 2.82. The first-order valence-electron chi connectivity index (χ1n) is 7.74. The molecular weight excluding hydrogens is 254 g/mol. The molecule has 0 aliphatic rings. The third-order valence-electron chi connectivity index (χ3n) is 3.50. The molecule has 0 saturated heterocycles. The van der Waals surface area contributed by atoms with E-state index in [9.17, 15) is 4.79 Å². The number of unbranched alkanes of at least 4 members (excludes halogenated alkanes) is 6. The average molecular weight is 281 g/mol. The molecule has 0 aliphatic carbocycles. The molecule has 0 saturated carbocycles. The summed E-state index contributed by atoms with van der Waals surface area (Å²) in [6.45, 7) is 6.94. The van der Waals surface area contributed by atoms with Gasteiger partial charge in [0.25, 0.3) is 0 Å². The lowest BCUT2D eigenvalue weighted by Crippen LogP contribution is -2.10. The summed E-state index contributed by atoms with van der Waals surface area (Å²) in [6.07, 6.45) is 8.66. The van der Waals surface area contributed by atoms with Crippen molar-refractivity contribution in [2.75, 3.05) is 0 Å². The molecule has 0 aromatic carbocycles. The largest absolute Gasteiger partial charge is 0.476 e. The van der Waals surface area contributed by atoms with Crippen molar-refractivity contribution < 1.29 is 9.90 Å². The molecule has 0 spiro atoms. The molecule has 5 nitrogen and oxygen atoms in total. The molecule has 20 heavy (non-hydrogen) atoms. The van der Waals surface area contributed by atoms with Crippen LogP contribution in [0.2, 0.25) is 0 Å². The van der Waals surface area contributed by atoms with E-state index in [-0.39, 0.29) is 11.6 Å². The predicted molar refractivity (Wildman–Crippen MR) is 79.1 cm³/mol. The maximum atomic E-state index is 11.1. The maximum Gasteiger partial charge on any atom is 0.358 e. The first-order chi connectivity index (χ1) is 9.57. The lowest BCUT2D eigenvalue weighted by molar-refractivity contribution is 0.0688. The predicted octanol–water partition coefficient (Wildman–Crippen LogP) is 3.85. The fourth-order valence-electron chi connectivity index (χ4n) is 2.43. The molecule has 5 heteroatoms. The Labute approximate surface area is 121 Å². The van der Waals surface area contributed by atoms with Gasteiger partial charge >= 0.3 is 5.97 Å².